The minimum Gasteiger partial charge on any atom is -0.481 e. The summed E-state index contributed by atoms with van der Waals surface area (Å²) in [5.41, 5.74) is 3.03. The fourth-order valence-corrected chi connectivity index (χ4v) is 6.87. The first-order valence-electron chi connectivity index (χ1n) is 12.2. The first-order valence-corrected chi connectivity index (χ1v) is 12.6. The summed E-state index contributed by atoms with van der Waals surface area (Å²) in [6, 6.07) is 8.79. The molecule has 3 aliphatic rings. The number of benzene rings is 1. The topological polar surface area (TPSA) is 75.4 Å². The van der Waals surface area contributed by atoms with Crippen molar-refractivity contribution in [2.75, 3.05) is 6.54 Å². The van der Waals surface area contributed by atoms with Gasteiger partial charge in [0.1, 0.15) is 11.5 Å². The summed E-state index contributed by atoms with van der Waals surface area (Å²) in [6.45, 7) is 1.54. The van der Waals surface area contributed by atoms with Crippen molar-refractivity contribution in [1.29, 1.82) is 0 Å². The molecule has 3 aromatic rings. The van der Waals surface area contributed by atoms with E-state index in [1.54, 1.807) is 12.3 Å². The number of fused-ring (bicyclic) bond motifs is 5. The molecular formula is C27H27ClFN3O3. The van der Waals surface area contributed by atoms with E-state index in [1.807, 2.05) is 17.0 Å². The molecule has 2 aromatic heterocycles. The van der Waals surface area contributed by atoms with Crippen LogP contribution in [-0.4, -0.2) is 38.0 Å². The zero-order valence-electron chi connectivity index (χ0n) is 19.4. The van der Waals surface area contributed by atoms with Gasteiger partial charge in [-0.25, -0.2) is 9.37 Å². The zero-order chi connectivity index (χ0) is 24.4. The van der Waals surface area contributed by atoms with Gasteiger partial charge in [-0.15, -0.1) is 0 Å². The van der Waals surface area contributed by atoms with Crippen LogP contribution in [0, 0.1) is 16.6 Å². The molecule has 0 spiro atoms. The Morgan fingerprint density at radius 1 is 1.17 bits per heavy atom. The number of pyridine rings is 1. The highest BCUT2D eigenvalue weighted by atomic mass is 35.5. The Hall–Kier alpha value is -2.93. The molecule has 1 N–H and O–H groups in total. The maximum atomic E-state index is 14.1. The molecule has 1 amide bonds. The highest BCUT2D eigenvalue weighted by Gasteiger charge is 2.58. The van der Waals surface area contributed by atoms with Crippen LogP contribution < -0.4 is 0 Å². The number of rotatable bonds is 5. The number of nitrogens with zero attached hydrogens (tertiary/aromatic N) is 3. The number of aromatic nitrogens is 2. The predicted octanol–water partition coefficient (Wildman–Crippen LogP) is 5.19. The normalized spacial score (nSPS) is 25.3. The molecule has 3 heterocycles. The third kappa shape index (κ3) is 3.63. The highest BCUT2D eigenvalue weighted by molar-refractivity contribution is 6.30. The molecular weight excluding hydrogens is 469 g/mol. The van der Waals surface area contributed by atoms with Crippen molar-refractivity contribution in [3.05, 3.63) is 64.2 Å². The molecule has 0 saturated heterocycles. The molecule has 1 aliphatic heterocycles. The second-order valence-electron chi connectivity index (χ2n) is 10.6. The molecule has 0 atom stereocenters. The molecule has 2 saturated carbocycles. The van der Waals surface area contributed by atoms with Crippen LogP contribution >= 0.6 is 11.6 Å². The second kappa shape index (κ2) is 8.05. The number of amides is 1. The minimum absolute atomic E-state index is 0.0909. The Bertz CT molecular complexity index is 1360. The van der Waals surface area contributed by atoms with Crippen LogP contribution in [0.1, 0.15) is 55.3 Å². The Morgan fingerprint density at radius 2 is 1.97 bits per heavy atom. The molecule has 2 bridgehead atoms. The number of carbonyl (C=O) groups excluding carboxylic acids is 1. The van der Waals surface area contributed by atoms with Crippen LogP contribution in [0.15, 0.2) is 36.5 Å². The van der Waals surface area contributed by atoms with E-state index in [0.717, 1.165) is 41.6 Å². The van der Waals surface area contributed by atoms with E-state index in [-0.39, 0.29) is 16.3 Å². The number of halogens is 2. The molecule has 182 valence electrons. The fraction of sp³-hybridized carbons (Fsp3) is 0.444. The smallest absolute Gasteiger partial charge is 0.309 e. The average molecular weight is 496 g/mol. The van der Waals surface area contributed by atoms with E-state index in [4.69, 9.17) is 11.6 Å². The summed E-state index contributed by atoms with van der Waals surface area (Å²) in [5.74, 6) is -1.06. The quantitative estimate of drug-likeness (QED) is 0.528. The Labute approximate surface area is 207 Å². The number of carboxylic acids is 1. The van der Waals surface area contributed by atoms with Gasteiger partial charge in [-0.3, -0.25) is 9.59 Å². The number of aliphatic carboxylic acids is 1. The van der Waals surface area contributed by atoms with Crippen molar-refractivity contribution in [3.63, 3.8) is 0 Å². The molecule has 8 heteroatoms. The standard InChI is InChI=1S/C27H27ClFN3O3/c28-20-4-3-17(12-21(20)29)14-32-22-15-31(11-5-18(22)19-2-1-10-30-24(19)32)23(33)13-26-6-8-27(16-26,9-7-26)25(34)35/h1-4,10,12H,5-9,11,13-16H2,(H,34,35). The van der Waals surface area contributed by atoms with E-state index >= 15 is 0 Å². The number of carboxylic acid groups (broad SMARTS) is 1. The monoisotopic (exact) mass is 495 g/mol. The third-order valence-corrected chi connectivity index (χ3v) is 8.96. The molecule has 0 radical (unpaired) electrons. The van der Waals surface area contributed by atoms with Gasteiger partial charge in [0.15, 0.2) is 0 Å². The van der Waals surface area contributed by atoms with Gasteiger partial charge in [-0.2, -0.15) is 0 Å². The lowest BCUT2D eigenvalue weighted by Crippen LogP contribution is -2.39. The summed E-state index contributed by atoms with van der Waals surface area (Å²) >= 11 is 5.88. The van der Waals surface area contributed by atoms with Crippen LogP contribution in [0.5, 0.6) is 0 Å². The van der Waals surface area contributed by atoms with E-state index in [2.05, 4.69) is 15.6 Å². The maximum absolute atomic E-state index is 14.1. The van der Waals surface area contributed by atoms with Gasteiger partial charge in [-0.05, 0) is 79.3 Å². The largest absolute Gasteiger partial charge is 0.481 e. The lowest BCUT2D eigenvalue weighted by atomic mass is 9.80. The van der Waals surface area contributed by atoms with E-state index in [9.17, 15) is 19.1 Å². The fourth-order valence-electron chi connectivity index (χ4n) is 6.76. The van der Waals surface area contributed by atoms with Crippen LogP contribution in [-0.2, 0) is 29.1 Å². The Kier molecular flexibility index (Phi) is 5.18. The van der Waals surface area contributed by atoms with Gasteiger partial charge in [-0.1, -0.05) is 17.7 Å². The van der Waals surface area contributed by atoms with Crippen LogP contribution in [0.25, 0.3) is 11.0 Å². The summed E-state index contributed by atoms with van der Waals surface area (Å²) in [6.07, 6.45) is 6.51. The minimum atomic E-state index is -0.706. The first kappa shape index (κ1) is 22.5. The summed E-state index contributed by atoms with van der Waals surface area (Å²) < 4.78 is 16.2. The van der Waals surface area contributed by atoms with Gasteiger partial charge in [0.25, 0.3) is 0 Å². The number of carbonyl (C=O) groups is 2. The molecule has 2 aliphatic carbocycles. The van der Waals surface area contributed by atoms with Gasteiger partial charge in [0.05, 0.1) is 17.0 Å². The molecule has 35 heavy (non-hydrogen) atoms. The third-order valence-electron chi connectivity index (χ3n) is 8.65. The maximum Gasteiger partial charge on any atom is 0.309 e. The van der Waals surface area contributed by atoms with Crippen molar-refractivity contribution in [3.8, 4) is 0 Å². The van der Waals surface area contributed by atoms with Gasteiger partial charge in [0, 0.05) is 36.8 Å². The molecule has 1 aromatic carbocycles. The Morgan fingerprint density at radius 3 is 2.69 bits per heavy atom. The summed E-state index contributed by atoms with van der Waals surface area (Å²) in [4.78, 5) is 31.8. The first-order chi connectivity index (χ1) is 16.8. The SMILES string of the molecule is O=C(CC12CCC(C(=O)O)(CC1)C2)N1CCc2c(n(Cc3ccc(Cl)c(F)c3)c3ncccc23)C1. The number of hydrogen-bond acceptors (Lipinski definition) is 3. The van der Waals surface area contributed by atoms with Gasteiger partial charge < -0.3 is 14.6 Å². The predicted molar refractivity (Wildman–Crippen MR) is 130 cm³/mol. The van der Waals surface area contributed by atoms with Crippen molar-refractivity contribution >= 4 is 34.5 Å². The van der Waals surface area contributed by atoms with Crippen LogP contribution in [0.4, 0.5) is 4.39 Å². The van der Waals surface area contributed by atoms with Crippen LogP contribution in [0.2, 0.25) is 5.02 Å². The van der Waals surface area contributed by atoms with E-state index < -0.39 is 17.2 Å². The van der Waals surface area contributed by atoms with Crippen LogP contribution in [0.3, 0.4) is 0 Å². The Balaban J connectivity index is 1.28. The average Bonchev–Trinajstić information content (AvgIpc) is 3.51. The molecule has 6 rings (SSSR count). The molecule has 6 nitrogen and oxygen atoms in total. The van der Waals surface area contributed by atoms with Gasteiger partial charge in [0.2, 0.25) is 5.91 Å². The van der Waals surface area contributed by atoms with Crippen molar-refractivity contribution in [1.82, 2.24) is 14.5 Å². The van der Waals surface area contributed by atoms with Crippen molar-refractivity contribution < 1.29 is 19.1 Å². The van der Waals surface area contributed by atoms with Crippen molar-refractivity contribution in [2.45, 2.75) is 58.0 Å². The number of hydrogen-bond donors (Lipinski definition) is 1. The van der Waals surface area contributed by atoms with E-state index in [1.165, 1.54) is 11.6 Å². The molecule has 2 fully saturated rings. The second-order valence-corrected chi connectivity index (χ2v) is 11.0. The summed E-state index contributed by atoms with van der Waals surface area (Å²) in [7, 11) is 0. The zero-order valence-corrected chi connectivity index (χ0v) is 20.2. The van der Waals surface area contributed by atoms with Crippen molar-refractivity contribution in [2.24, 2.45) is 10.8 Å². The van der Waals surface area contributed by atoms with E-state index in [0.29, 0.717) is 45.3 Å². The van der Waals surface area contributed by atoms with Gasteiger partial charge >= 0.3 is 5.97 Å². The highest BCUT2D eigenvalue weighted by Crippen LogP contribution is 2.63. The molecule has 0 unspecified atom stereocenters. The lowest BCUT2D eigenvalue weighted by molar-refractivity contribution is -0.148. The lowest BCUT2D eigenvalue weighted by Gasteiger charge is -2.33. The summed E-state index contributed by atoms with van der Waals surface area (Å²) in [5, 5.41) is 10.9.